The van der Waals surface area contributed by atoms with Gasteiger partial charge in [0.2, 0.25) is 5.69 Å². The van der Waals surface area contributed by atoms with Crippen LogP contribution in [-0.4, -0.2) is 31.1 Å². The van der Waals surface area contributed by atoms with Crippen molar-refractivity contribution in [3.05, 3.63) is 47.1 Å². The molecule has 2 rings (SSSR count). The van der Waals surface area contributed by atoms with Gasteiger partial charge < -0.3 is 13.5 Å². The normalized spacial score (nSPS) is 11.8. The summed E-state index contributed by atoms with van der Waals surface area (Å²) >= 11 is 0. The van der Waals surface area contributed by atoms with Crippen molar-refractivity contribution in [1.82, 2.24) is 4.57 Å². The summed E-state index contributed by atoms with van der Waals surface area (Å²) in [6.45, 7) is 10.7. The number of hydrogen-bond donors (Lipinski definition) is 0. The van der Waals surface area contributed by atoms with Gasteiger partial charge in [-0.25, -0.2) is 9.64 Å². The predicted octanol–water partition coefficient (Wildman–Crippen LogP) is 3.96. The first-order chi connectivity index (χ1) is 12.9. The number of nitrogens with zero attached hydrogens (tertiary/aromatic N) is 2. The summed E-state index contributed by atoms with van der Waals surface area (Å²) in [5, 5.41) is 0. The van der Waals surface area contributed by atoms with Crippen molar-refractivity contribution in [3.8, 4) is 16.9 Å². The molecule has 0 unspecified atom stereocenters. The molecule has 0 atom stereocenters. The Bertz CT molecular complexity index is 1050. The van der Waals surface area contributed by atoms with Crippen LogP contribution in [0.1, 0.15) is 23.1 Å². The van der Waals surface area contributed by atoms with E-state index in [9.17, 15) is 26.4 Å². The van der Waals surface area contributed by atoms with Crippen molar-refractivity contribution in [2.24, 2.45) is 7.05 Å². The van der Waals surface area contributed by atoms with Crippen LogP contribution in [0, 0.1) is 13.5 Å². The third-order valence-corrected chi connectivity index (χ3v) is 4.85. The Hall–Kier alpha value is -3.00. The van der Waals surface area contributed by atoms with Crippen LogP contribution >= 0.6 is 0 Å². The molecular weight excluding hydrogens is 401 g/mol. The highest BCUT2D eigenvalue weighted by Crippen LogP contribution is 2.39. The Morgan fingerprint density at radius 3 is 2.29 bits per heavy atom. The van der Waals surface area contributed by atoms with E-state index in [0.29, 0.717) is 11.3 Å². The molecule has 1 aromatic heterocycles. The molecule has 11 heteroatoms. The van der Waals surface area contributed by atoms with Crippen molar-refractivity contribution < 1.29 is 35.3 Å². The van der Waals surface area contributed by atoms with Gasteiger partial charge >= 0.3 is 21.6 Å². The summed E-state index contributed by atoms with van der Waals surface area (Å²) in [6.07, 6.45) is 0. The molecule has 0 saturated carbocycles. The molecule has 0 aliphatic rings. The number of halogens is 3. The van der Waals surface area contributed by atoms with Gasteiger partial charge in [0.15, 0.2) is 0 Å². The minimum absolute atomic E-state index is 0.0990. The maximum absolute atomic E-state index is 12.4. The van der Waals surface area contributed by atoms with E-state index in [0.717, 1.165) is 12.1 Å². The van der Waals surface area contributed by atoms with E-state index in [1.807, 2.05) is 0 Å². The van der Waals surface area contributed by atoms with Crippen LogP contribution in [0.4, 0.5) is 18.9 Å². The second kappa shape index (κ2) is 7.55. The highest BCUT2D eigenvalue weighted by molar-refractivity contribution is 7.88. The first-order valence-corrected chi connectivity index (χ1v) is 9.20. The fraction of sp³-hybridized carbons (Fsp3) is 0.294. The molecule has 0 N–H and O–H groups in total. The molecule has 28 heavy (non-hydrogen) atoms. The summed E-state index contributed by atoms with van der Waals surface area (Å²) in [5.41, 5.74) is -4.25. The van der Waals surface area contributed by atoms with Gasteiger partial charge in [0.05, 0.1) is 13.2 Å². The summed E-state index contributed by atoms with van der Waals surface area (Å²) in [6, 6.07) is 4.52. The fourth-order valence-corrected chi connectivity index (χ4v) is 2.95. The Morgan fingerprint density at radius 1 is 1.25 bits per heavy atom. The second-order valence-corrected chi connectivity index (χ2v) is 7.09. The molecule has 0 fully saturated rings. The van der Waals surface area contributed by atoms with E-state index in [4.69, 9.17) is 11.3 Å². The van der Waals surface area contributed by atoms with E-state index >= 15 is 0 Å². The van der Waals surface area contributed by atoms with Gasteiger partial charge in [-0.15, -0.1) is 0 Å². The Kier molecular flexibility index (Phi) is 5.75. The van der Waals surface area contributed by atoms with Gasteiger partial charge in [0.1, 0.15) is 11.4 Å². The molecule has 1 heterocycles. The fourth-order valence-electron chi connectivity index (χ4n) is 2.49. The molecule has 0 radical (unpaired) electrons. The summed E-state index contributed by atoms with van der Waals surface area (Å²) in [7, 11) is -4.22. The first kappa shape index (κ1) is 21.3. The number of rotatable bonds is 5. The molecule has 1 aromatic carbocycles. The lowest BCUT2D eigenvalue weighted by atomic mass is 10.0. The van der Waals surface area contributed by atoms with Gasteiger partial charge in [-0.2, -0.15) is 21.6 Å². The van der Waals surface area contributed by atoms with Crippen molar-refractivity contribution in [2.45, 2.75) is 19.4 Å². The number of aromatic nitrogens is 1. The van der Waals surface area contributed by atoms with E-state index in [1.165, 1.54) is 16.7 Å². The standard InChI is InChI=1S/C17H15F3N2O5S/c1-5-26-16(23)15-13(14(21-3)10(2)22(15)4)11-6-8-12(9-7-11)27-28(24,25)17(18,19)20/h6-9H,5H2,1-2,4H3. The lowest BCUT2D eigenvalue weighted by Crippen LogP contribution is -2.28. The van der Waals surface area contributed by atoms with Gasteiger partial charge in [0.25, 0.3) is 0 Å². The zero-order chi connectivity index (χ0) is 21.3. The molecule has 0 bridgehead atoms. The number of benzene rings is 1. The topological polar surface area (TPSA) is 79.0 Å². The average Bonchev–Trinajstić information content (AvgIpc) is 2.85. The van der Waals surface area contributed by atoms with Gasteiger partial charge in [-0.3, -0.25) is 0 Å². The number of carbonyl (C=O) groups is 1. The second-order valence-electron chi connectivity index (χ2n) is 5.56. The Morgan fingerprint density at radius 2 is 1.82 bits per heavy atom. The van der Waals surface area contributed by atoms with Crippen LogP contribution in [-0.2, 0) is 21.9 Å². The molecule has 0 aliphatic carbocycles. The summed E-state index contributed by atoms with van der Waals surface area (Å²) in [4.78, 5) is 15.8. The van der Waals surface area contributed by atoms with E-state index < -0.39 is 27.3 Å². The molecule has 7 nitrogen and oxygen atoms in total. The minimum Gasteiger partial charge on any atom is -0.461 e. The quantitative estimate of drug-likeness (QED) is 0.319. The molecule has 2 aromatic rings. The maximum Gasteiger partial charge on any atom is 0.534 e. The van der Waals surface area contributed by atoms with Crippen molar-refractivity contribution >= 4 is 21.8 Å². The lowest BCUT2D eigenvalue weighted by Gasteiger charge is -2.11. The average molecular weight is 416 g/mol. The number of hydrogen-bond acceptors (Lipinski definition) is 5. The summed E-state index contributed by atoms with van der Waals surface area (Å²) < 4.78 is 70.0. The molecule has 0 spiro atoms. The highest BCUT2D eigenvalue weighted by atomic mass is 32.2. The summed E-state index contributed by atoms with van der Waals surface area (Å²) in [5.74, 6) is -1.23. The largest absolute Gasteiger partial charge is 0.534 e. The van der Waals surface area contributed by atoms with E-state index in [-0.39, 0.29) is 23.6 Å². The SMILES string of the molecule is [C-]#[N+]c1c(-c2ccc(OS(=O)(=O)C(F)(F)F)cc2)c(C(=O)OCC)n(C)c1C. The zero-order valence-corrected chi connectivity index (χ0v) is 15.8. The van der Waals surface area contributed by atoms with E-state index in [2.05, 4.69) is 9.03 Å². The molecule has 0 aliphatic heterocycles. The highest BCUT2D eigenvalue weighted by Gasteiger charge is 2.48. The van der Waals surface area contributed by atoms with Crippen LogP contribution in [0.3, 0.4) is 0 Å². The van der Waals surface area contributed by atoms with E-state index in [1.54, 1.807) is 20.9 Å². The number of ether oxygens (including phenoxy) is 1. The van der Waals surface area contributed by atoms with Crippen LogP contribution < -0.4 is 4.18 Å². The zero-order valence-electron chi connectivity index (χ0n) is 15.0. The Balaban J connectivity index is 2.54. The van der Waals surface area contributed by atoms with Crippen molar-refractivity contribution in [3.63, 3.8) is 0 Å². The Labute approximate surface area is 159 Å². The first-order valence-electron chi connectivity index (χ1n) is 7.79. The van der Waals surface area contributed by atoms with Gasteiger partial charge in [-0.05, 0) is 31.5 Å². The number of alkyl halides is 3. The van der Waals surface area contributed by atoms with Crippen LogP contribution in [0.5, 0.6) is 5.75 Å². The van der Waals surface area contributed by atoms with Crippen LogP contribution in [0.2, 0.25) is 0 Å². The number of esters is 1. The van der Waals surface area contributed by atoms with Gasteiger partial charge in [0, 0.05) is 18.3 Å². The molecule has 0 amide bonds. The lowest BCUT2D eigenvalue weighted by molar-refractivity contribution is -0.0500. The third-order valence-electron chi connectivity index (χ3n) is 3.87. The third kappa shape index (κ3) is 3.82. The van der Waals surface area contributed by atoms with Crippen molar-refractivity contribution in [1.29, 1.82) is 0 Å². The van der Waals surface area contributed by atoms with Crippen LogP contribution in [0.15, 0.2) is 24.3 Å². The minimum atomic E-state index is -5.80. The van der Waals surface area contributed by atoms with Crippen molar-refractivity contribution in [2.75, 3.05) is 6.61 Å². The van der Waals surface area contributed by atoms with Gasteiger partial charge in [-0.1, -0.05) is 12.1 Å². The molecular formula is C17H15F3N2O5S. The monoisotopic (exact) mass is 416 g/mol. The molecule has 150 valence electrons. The maximum atomic E-state index is 12.4. The predicted molar refractivity (Wildman–Crippen MR) is 93.4 cm³/mol. The number of carbonyl (C=O) groups excluding carboxylic acids is 1. The van der Waals surface area contributed by atoms with Crippen LogP contribution in [0.25, 0.3) is 16.0 Å². The molecule has 0 saturated heterocycles. The smallest absolute Gasteiger partial charge is 0.461 e.